The summed E-state index contributed by atoms with van der Waals surface area (Å²) >= 11 is -2.74. The van der Waals surface area contributed by atoms with Crippen LogP contribution in [0.3, 0.4) is 0 Å². The molecule has 1 aliphatic heterocycles. The summed E-state index contributed by atoms with van der Waals surface area (Å²) in [7, 11) is -4.28. The van der Waals surface area contributed by atoms with Crippen molar-refractivity contribution in [2.75, 3.05) is 11.3 Å². The molecule has 11 heteroatoms. The molecule has 0 saturated heterocycles. The van der Waals surface area contributed by atoms with E-state index >= 15 is 0 Å². The number of hydrogen-bond acceptors (Lipinski definition) is 7. The van der Waals surface area contributed by atoms with E-state index in [0.717, 1.165) is 5.12 Å². The summed E-state index contributed by atoms with van der Waals surface area (Å²) in [5.41, 5.74) is 4.41. The van der Waals surface area contributed by atoms with E-state index in [1.165, 1.54) is 12.1 Å². The molecule has 1 amide bonds. The Morgan fingerprint density at radius 2 is 1.59 bits per heavy atom. The molecule has 3 aromatic carbocycles. The number of carbonyl (C=O) groups excluding carboxylic acids is 1. The van der Waals surface area contributed by atoms with Crippen molar-refractivity contribution in [2.45, 2.75) is 11.1 Å². The van der Waals surface area contributed by atoms with Crippen LogP contribution in [-0.2, 0) is 21.1 Å². The van der Waals surface area contributed by atoms with E-state index in [1.54, 1.807) is 72.8 Å². The molecule has 0 spiro atoms. The average Bonchev–Trinajstić information content (AvgIpc) is 3.16. The first kappa shape index (κ1) is 22.1. The number of carbonyl (C=O) groups is 1. The SMILES string of the molecule is O=C(NC1c2ccccc2NN1N(CS(=O)[O-])S(=O)(=O)c1ccccc1)c1ccccc1. The molecule has 0 bridgehead atoms. The largest absolute Gasteiger partial charge is 0.771 e. The lowest BCUT2D eigenvalue weighted by molar-refractivity contribution is 0.0443. The Bertz CT molecular complexity index is 1240. The van der Waals surface area contributed by atoms with Crippen LogP contribution in [0.5, 0.6) is 0 Å². The van der Waals surface area contributed by atoms with Crippen LogP contribution in [-0.4, -0.2) is 38.5 Å². The minimum atomic E-state index is -4.28. The van der Waals surface area contributed by atoms with Crippen LogP contribution in [0.1, 0.15) is 22.1 Å². The number of hydrazine groups is 2. The number of para-hydroxylation sites is 1. The molecular formula is C21H19N4O5S2-. The summed E-state index contributed by atoms with van der Waals surface area (Å²) in [5, 5.41) is 3.91. The lowest BCUT2D eigenvalue weighted by atomic mass is 10.1. The number of fused-ring (bicyclic) bond motifs is 1. The molecule has 4 rings (SSSR count). The van der Waals surface area contributed by atoms with E-state index in [-0.39, 0.29) is 4.90 Å². The number of rotatable bonds is 7. The van der Waals surface area contributed by atoms with Gasteiger partial charge in [0, 0.05) is 11.1 Å². The van der Waals surface area contributed by atoms with E-state index in [1.807, 2.05) is 0 Å². The Morgan fingerprint density at radius 3 is 2.25 bits per heavy atom. The Morgan fingerprint density at radius 1 is 1.00 bits per heavy atom. The first-order valence-corrected chi connectivity index (χ1v) is 12.2. The van der Waals surface area contributed by atoms with Gasteiger partial charge in [0.15, 0.2) is 0 Å². The summed E-state index contributed by atoms with van der Waals surface area (Å²) in [5.74, 6) is -1.30. The van der Waals surface area contributed by atoms with Gasteiger partial charge in [-0.1, -0.05) is 59.0 Å². The fourth-order valence-electron chi connectivity index (χ4n) is 3.33. The Labute approximate surface area is 187 Å². The number of benzene rings is 3. The van der Waals surface area contributed by atoms with Gasteiger partial charge in [0.05, 0.1) is 16.5 Å². The van der Waals surface area contributed by atoms with Gasteiger partial charge in [0.2, 0.25) is 0 Å². The van der Waals surface area contributed by atoms with Crippen LogP contribution in [0.25, 0.3) is 0 Å². The molecule has 2 atom stereocenters. The van der Waals surface area contributed by atoms with Crippen LogP contribution >= 0.6 is 0 Å². The molecule has 2 unspecified atom stereocenters. The summed E-state index contributed by atoms with van der Waals surface area (Å²) in [6, 6.07) is 22.8. The third kappa shape index (κ3) is 4.42. The van der Waals surface area contributed by atoms with Gasteiger partial charge in [-0.15, -0.1) is 5.12 Å². The Kier molecular flexibility index (Phi) is 6.35. The lowest BCUT2D eigenvalue weighted by Gasteiger charge is -2.35. The highest BCUT2D eigenvalue weighted by Gasteiger charge is 2.41. The second-order valence-corrected chi connectivity index (χ2v) is 9.57. The van der Waals surface area contributed by atoms with Crippen LogP contribution in [0.2, 0.25) is 0 Å². The molecule has 0 aliphatic carbocycles. The predicted molar refractivity (Wildman–Crippen MR) is 118 cm³/mol. The van der Waals surface area contributed by atoms with Crippen molar-refractivity contribution in [3.05, 3.63) is 96.1 Å². The van der Waals surface area contributed by atoms with Crippen molar-refractivity contribution in [2.24, 2.45) is 0 Å². The highest BCUT2D eigenvalue weighted by molar-refractivity contribution is 7.90. The van der Waals surface area contributed by atoms with Crippen molar-refractivity contribution in [1.82, 2.24) is 14.8 Å². The second kappa shape index (κ2) is 9.18. The average molecular weight is 472 g/mol. The van der Waals surface area contributed by atoms with Crippen molar-refractivity contribution in [1.29, 1.82) is 0 Å². The zero-order chi connectivity index (χ0) is 22.7. The van der Waals surface area contributed by atoms with E-state index in [2.05, 4.69) is 10.7 Å². The van der Waals surface area contributed by atoms with Gasteiger partial charge in [-0.05, 0) is 41.4 Å². The lowest BCUT2D eigenvalue weighted by Crippen LogP contribution is -2.53. The number of nitrogens with zero attached hydrogens (tertiary/aromatic N) is 2. The first-order chi connectivity index (χ1) is 15.4. The monoisotopic (exact) mass is 471 g/mol. The van der Waals surface area contributed by atoms with Gasteiger partial charge < -0.3 is 15.3 Å². The van der Waals surface area contributed by atoms with Crippen molar-refractivity contribution in [3.8, 4) is 0 Å². The first-order valence-electron chi connectivity index (χ1n) is 9.52. The summed E-state index contributed by atoms with van der Waals surface area (Å²) in [6.07, 6.45) is -0.985. The molecule has 1 heterocycles. The van der Waals surface area contributed by atoms with Gasteiger partial charge in [-0.3, -0.25) is 9.00 Å². The molecule has 3 aromatic rings. The van der Waals surface area contributed by atoms with Crippen LogP contribution < -0.4 is 10.7 Å². The third-order valence-corrected chi connectivity index (χ3v) is 7.16. The van der Waals surface area contributed by atoms with Gasteiger partial charge in [0.25, 0.3) is 15.9 Å². The van der Waals surface area contributed by atoms with Gasteiger partial charge in [-0.2, -0.15) is 0 Å². The molecule has 0 fully saturated rings. The summed E-state index contributed by atoms with van der Waals surface area (Å²) < 4.78 is 50.7. The molecule has 2 N–H and O–H groups in total. The topological polar surface area (TPSA) is 122 Å². The molecule has 1 aliphatic rings. The molecule has 0 radical (unpaired) electrons. The molecule has 0 aromatic heterocycles. The Hall–Kier alpha value is -3.09. The maximum Gasteiger partial charge on any atom is 0.258 e. The van der Waals surface area contributed by atoms with E-state index in [4.69, 9.17) is 0 Å². The van der Waals surface area contributed by atoms with E-state index in [9.17, 15) is 22.0 Å². The normalized spacial score (nSPS) is 16.9. The standard InChI is InChI=1S/C21H20N4O5S2/c26-21(16-9-3-1-4-10-16)22-20-18-13-7-8-14-19(18)23-25(20)24(15-31(27)28)32(29,30)17-11-5-2-6-12-17/h1-14,20,23H,15H2,(H,22,26)(H,27,28)/p-1. The van der Waals surface area contributed by atoms with E-state index in [0.29, 0.717) is 21.2 Å². The fourth-order valence-corrected chi connectivity index (χ4v) is 5.56. The predicted octanol–water partition coefficient (Wildman–Crippen LogP) is 2.20. The van der Waals surface area contributed by atoms with E-state index < -0.39 is 39.1 Å². The number of anilines is 1. The summed E-state index contributed by atoms with van der Waals surface area (Å²) in [6.45, 7) is 0. The number of sulfonamides is 1. The molecule has 166 valence electrons. The third-order valence-electron chi connectivity index (χ3n) is 4.81. The number of amides is 1. The molecule has 0 saturated carbocycles. The fraction of sp³-hybridized carbons (Fsp3) is 0.0952. The molecular weight excluding hydrogens is 452 g/mol. The quantitative estimate of drug-likeness (QED) is 0.507. The van der Waals surface area contributed by atoms with Gasteiger partial charge in [0.1, 0.15) is 6.17 Å². The highest BCUT2D eigenvalue weighted by atomic mass is 32.2. The minimum absolute atomic E-state index is 0.0867. The smallest absolute Gasteiger partial charge is 0.258 e. The summed E-state index contributed by atoms with van der Waals surface area (Å²) in [4.78, 5) is 12.8. The highest BCUT2D eigenvalue weighted by Crippen LogP contribution is 2.36. The number of nitrogens with one attached hydrogen (secondary N) is 2. The van der Waals surface area contributed by atoms with Crippen LogP contribution in [0.15, 0.2) is 89.8 Å². The molecule has 32 heavy (non-hydrogen) atoms. The van der Waals surface area contributed by atoms with Crippen LogP contribution in [0.4, 0.5) is 5.69 Å². The van der Waals surface area contributed by atoms with Crippen LogP contribution in [0, 0.1) is 0 Å². The minimum Gasteiger partial charge on any atom is -0.771 e. The second-order valence-electron chi connectivity index (χ2n) is 6.86. The maximum absolute atomic E-state index is 13.4. The van der Waals surface area contributed by atoms with Gasteiger partial charge in [-0.25, -0.2) is 8.42 Å². The maximum atomic E-state index is 13.4. The zero-order valence-electron chi connectivity index (χ0n) is 16.6. The van der Waals surface area contributed by atoms with Crippen molar-refractivity contribution >= 4 is 32.7 Å². The van der Waals surface area contributed by atoms with Crippen molar-refractivity contribution < 1.29 is 22.0 Å². The molecule has 9 nitrogen and oxygen atoms in total. The number of hydrogen-bond donors (Lipinski definition) is 2. The van der Waals surface area contributed by atoms with Crippen molar-refractivity contribution in [3.63, 3.8) is 0 Å². The Balaban J connectivity index is 1.75. The van der Waals surface area contributed by atoms with Gasteiger partial charge >= 0.3 is 0 Å². The zero-order valence-corrected chi connectivity index (χ0v) is 18.3.